The first-order chi connectivity index (χ1) is 22.7. The topological polar surface area (TPSA) is 152 Å². The molecule has 0 radical (unpaired) electrons. The minimum Gasteiger partial charge on any atom is -0.480 e. The van der Waals surface area contributed by atoms with Crippen molar-refractivity contribution >= 4 is 41.1 Å². The second-order valence-corrected chi connectivity index (χ2v) is 12.6. The van der Waals surface area contributed by atoms with Crippen LogP contribution in [0.1, 0.15) is 76.2 Å². The molecule has 11 heteroatoms. The highest BCUT2D eigenvalue weighted by molar-refractivity contribution is 6.04. The Balaban J connectivity index is 1.87. The molecule has 3 rings (SSSR count). The van der Waals surface area contributed by atoms with Gasteiger partial charge in [0.2, 0.25) is 5.91 Å². The average molecular weight is 658 g/mol. The number of carbonyl (C=O) groups is 5. The van der Waals surface area contributed by atoms with Gasteiger partial charge in [-0.1, -0.05) is 44.2 Å². The van der Waals surface area contributed by atoms with Crippen molar-refractivity contribution in [2.24, 2.45) is 5.92 Å². The van der Waals surface area contributed by atoms with E-state index in [1.54, 1.807) is 53.1 Å². The van der Waals surface area contributed by atoms with Gasteiger partial charge in [0.15, 0.2) is 0 Å². The quantitative estimate of drug-likeness (QED) is 0.185. The summed E-state index contributed by atoms with van der Waals surface area (Å²) in [5.41, 5.74) is 3.13. The number of carboxylic acid groups (broad SMARTS) is 1. The van der Waals surface area contributed by atoms with Gasteiger partial charge in [-0.15, -0.1) is 0 Å². The molecule has 0 aliphatic rings. The molecule has 0 unspecified atom stereocenters. The zero-order valence-electron chi connectivity index (χ0n) is 28.2. The number of allylic oxidation sites excluding steroid dienone is 1. The maximum absolute atomic E-state index is 13.6. The van der Waals surface area contributed by atoms with Gasteiger partial charge in [0.1, 0.15) is 11.6 Å². The Morgan fingerprint density at radius 1 is 0.896 bits per heavy atom. The van der Waals surface area contributed by atoms with Crippen LogP contribution in [0.15, 0.2) is 79.1 Å². The van der Waals surface area contributed by atoms with Gasteiger partial charge >= 0.3 is 23.9 Å². The van der Waals surface area contributed by atoms with Crippen molar-refractivity contribution in [3.05, 3.63) is 90.3 Å². The van der Waals surface area contributed by atoms with Crippen LogP contribution in [0, 0.1) is 5.92 Å². The molecular weight excluding hydrogens is 614 g/mol. The number of benzene rings is 2. The molecular formula is C37H43N3O8. The van der Waals surface area contributed by atoms with Crippen molar-refractivity contribution in [2.45, 2.75) is 71.9 Å². The Labute approximate surface area is 281 Å². The van der Waals surface area contributed by atoms with Gasteiger partial charge < -0.3 is 19.9 Å². The molecule has 2 aromatic carbocycles. The Bertz CT molecular complexity index is 1610. The number of pyridine rings is 1. The summed E-state index contributed by atoms with van der Waals surface area (Å²) in [4.78, 5) is 68.8. The molecule has 254 valence electrons. The van der Waals surface area contributed by atoms with Gasteiger partial charge in [0.05, 0.1) is 19.1 Å². The first kappa shape index (κ1) is 37.1. The number of nitrogens with one attached hydrogen (secondary N) is 1. The summed E-state index contributed by atoms with van der Waals surface area (Å²) in [5.74, 6) is -3.16. The van der Waals surface area contributed by atoms with Crippen molar-refractivity contribution in [1.82, 2.24) is 9.88 Å². The third-order valence-electron chi connectivity index (χ3n) is 7.11. The van der Waals surface area contributed by atoms with E-state index < -0.39 is 41.5 Å². The number of rotatable bonds is 13. The highest BCUT2D eigenvalue weighted by atomic mass is 16.6. The third-order valence-corrected chi connectivity index (χ3v) is 7.11. The van der Waals surface area contributed by atoms with Crippen LogP contribution in [0.5, 0.6) is 0 Å². The molecule has 0 saturated carbocycles. The number of aliphatic carboxylic acids is 1. The number of hydrogen-bond acceptors (Lipinski definition) is 8. The second kappa shape index (κ2) is 17.0. The molecule has 0 aliphatic heterocycles. The van der Waals surface area contributed by atoms with Gasteiger partial charge in [0, 0.05) is 24.5 Å². The smallest absolute Gasteiger partial charge is 0.337 e. The first-order valence-electron chi connectivity index (χ1n) is 15.6. The molecule has 0 saturated heterocycles. The molecule has 3 amide bonds. The van der Waals surface area contributed by atoms with E-state index in [0.29, 0.717) is 5.57 Å². The van der Waals surface area contributed by atoms with Gasteiger partial charge in [-0.25, -0.2) is 19.3 Å². The van der Waals surface area contributed by atoms with Gasteiger partial charge in [-0.2, -0.15) is 0 Å². The van der Waals surface area contributed by atoms with Crippen molar-refractivity contribution in [3.8, 4) is 11.1 Å². The number of hydrogen-bond donors (Lipinski definition) is 2. The van der Waals surface area contributed by atoms with Crippen LogP contribution in [0.25, 0.3) is 16.7 Å². The minimum atomic E-state index is -1.42. The molecule has 1 heterocycles. The summed E-state index contributed by atoms with van der Waals surface area (Å²) >= 11 is 0. The summed E-state index contributed by atoms with van der Waals surface area (Å²) in [5, 5.41) is 12.6. The molecule has 2 N–H and O–H groups in total. The summed E-state index contributed by atoms with van der Waals surface area (Å²) in [6.45, 7) is 8.93. The van der Waals surface area contributed by atoms with Crippen LogP contribution in [0.3, 0.4) is 0 Å². The normalized spacial score (nSPS) is 12.2. The maximum Gasteiger partial charge on any atom is 0.337 e. The number of carbonyl (C=O) groups excluding carboxylic acids is 4. The highest BCUT2D eigenvalue weighted by Gasteiger charge is 2.35. The molecule has 0 aliphatic carbocycles. The Morgan fingerprint density at radius 3 is 2.02 bits per heavy atom. The predicted octanol–water partition coefficient (Wildman–Crippen LogP) is 6.99. The highest BCUT2D eigenvalue weighted by Crippen LogP contribution is 2.26. The fraction of sp³-hybridized carbons (Fsp3) is 0.351. The maximum atomic E-state index is 13.6. The number of esters is 2. The SMILES string of the molecule is COC(=O)c1ccc(NC(=O)N(C(=O)CC/C=C(\CC(=O)OC(C)(C)C)c2ccc(-c3ccncc3)cc2)[C@@H](CC(C)C)C(=O)O)cc1. The van der Waals surface area contributed by atoms with Crippen molar-refractivity contribution < 1.29 is 38.6 Å². The summed E-state index contributed by atoms with van der Waals surface area (Å²) in [6.07, 6.45) is 5.04. The molecule has 1 atom stereocenters. The average Bonchev–Trinajstić information content (AvgIpc) is 3.03. The van der Waals surface area contributed by atoms with Gasteiger partial charge in [0.25, 0.3) is 0 Å². The zero-order valence-corrected chi connectivity index (χ0v) is 28.2. The molecule has 11 nitrogen and oxygen atoms in total. The fourth-order valence-corrected chi connectivity index (χ4v) is 4.92. The van der Waals surface area contributed by atoms with E-state index in [9.17, 15) is 29.1 Å². The van der Waals surface area contributed by atoms with E-state index in [1.807, 2.05) is 36.4 Å². The first-order valence-corrected chi connectivity index (χ1v) is 15.6. The number of carboxylic acids is 1. The largest absolute Gasteiger partial charge is 0.480 e. The lowest BCUT2D eigenvalue weighted by atomic mass is 9.97. The zero-order chi connectivity index (χ0) is 35.4. The number of methoxy groups -OCH3 is 1. The Morgan fingerprint density at radius 2 is 1.48 bits per heavy atom. The van der Waals surface area contributed by atoms with Crippen LogP contribution < -0.4 is 5.32 Å². The molecule has 1 aromatic heterocycles. The number of imide groups is 1. The standard InChI is InChI=1S/C37H43N3O8/c1-24(2)22-31(34(43)44)40(36(46)39-30-16-14-28(15-17-30)35(45)47-6)32(41)9-7-8-29(23-33(42)48-37(3,4)5)26-12-10-25(11-13-26)27-18-20-38-21-19-27/h8,10-21,24,31H,7,9,22-23H2,1-6H3,(H,39,46)(H,43,44)/b29-8+/t31-/m0/s1. The van der Waals surface area contributed by atoms with E-state index in [4.69, 9.17) is 9.47 Å². The number of aromatic nitrogens is 1. The predicted molar refractivity (Wildman–Crippen MR) is 182 cm³/mol. The molecule has 48 heavy (non-hydrogen) atoms. The number of amides is 3. The second-order valence-electron chi connectivity index (χ2n) is 12.6. The van der Waals surface area contributed by atoms with Crippen LogP contribution in [-0.4, -0.2) is 63.6 Å². The number of ether oxygens (including phenoxy) is 2. The lowest BCUT2D eigenvalue weighted by molar-refractivity contribution is -0.153. The molecule has 3 aromatic rings. The third kappa shape index (κ3) is 11.2. The van der Waals surface area contributed by atoms with Crippen molar-refractivity contribution in [3.63, 3.8) is 0 Å². The van der Waals surface area contributed by atoms with E-state index in [0.717, 1.165) is 21.6 Å². The van der Waals surface area contributed by atoms with Crippen LogP contribution in [-0.2, 0) is 23.9 Å². The summed E-state index contributed by atoms with van der Waals surface area (Å²) in [7, 11) is 1.25. The fourth-order valence-electron chi connectivity index (χ4n) is 4.92. The van der Waals surface area contributed by atoms with E-state index in [-0.39, 0.29) is 42.9 Å². The summed E-state index contributed by atoms with van der Waals surface area (Å²) in [6, 6.07) is 14.8. The van der Waals surface area contributed by atoms with Crippen LogP contribution in [0.4, 0.5) is 10.5 Å². The Hall–Kier alpha value is -5.32. The van der Waals surface area contributed by atoms with E-state index in [1.165, 1.54) is 31.4 Å². The van der Waals surface area contributed by atoms with Crippen molar-refractivity contribution in [2.75, 3.05) is 12.4 Å². The van der Waals surface area contributed by atoms with Gasteiger partial charge in [-0.3, -0.25) is 14.6 Å². The molecule has 0 bridgehead atoms. The number of urea groups is 1. The monoisotopic (exact) mass is 657 g/mol. The number of nitrogens with zero attached hydrogens (tertiary/aromatic N) is 2. The summed E-state index contributed by atoms with van der Waals surface area (Å²) < 4.78 is 10.2. The van der Waals surface area contributed by atoms with Crippen LogP contribution in [0.2, 0.25) is 0 Å². The van der Waals surface area contributed by atoms with Gasteiger partial charge in [-0.05, 0) is 98.2 Å². The van der Waals surface area contributed by atoms with Crippen molar-refractivity contribution in [1.29, 1.82) is 0 Å². The lowest BCUT2D eigenvalue weighted by Crippen LogP contribution is -2.51. The van der Waals surface area contributed by atoms with E-state index >= 15 is 0 Å². The van der Waals surface area contributed by atoms with Crippen LogP contribution >= 0.6 is 0 Å². The number of anilines is 1. The minimum absolute atomic E-state index is 0.0410. The Kier molecular flexibility index (Phi) is 13.2. The van der Waals surface area contributed by atoms with E-state index in [2.05, 4.69) is 10.3 Å². The molecule has 0 fully saturated rings. The molecule has 0 spiro atoms. The lowest BCUT2D eigenvalue weighted by Gasteiger charge is -2.28.